The van der Waals surface area contributed by atoms with Gasteiger partial charge < -0.3 is 14.6 Å². The lowest BCUT2D eigenvalue weighted by Crippen LogP contribution is -2.15. The number of amides is 1. The number of nitrogens with zero attached hydrogens (tertiary/aromatic N) is 3. The Morgan fingerprint density at radius 1 is 1.13 bits per heavy atom. The number of carbonyl (C=O) groups is 1. The van der Waals surface area contributed by atoms with E-state index in [4.69, 9.17) is 4.74 Å². The van der Waals surface area contributed by atoms with Crippen molar-refractivity contribution in [3.05, 3.63) is 54.1 Å². The Kier molecular flexibility index (Phi) is 7.90. The van der Waals surface area contributed by atoms with Gasteiger partial charge in [0, 0.05) is 17.8 Å². The molecule has 0 spiro atoms. The van der Waals surface area contributed by atoms with Crippen molar-refractivity contribution < 1.29 is 9.53 Å². The number of hydrogen-bond acceptors (Lipinski definition) is 5. The smallest absolute Gasteiger partial charge is 0.234 e. The van der Waals surface area contributed by atoms with Gasteiger partial charge in [0.2, 0.25) is 5.91 Å². The first-order chi connectivity index (χ1) is 14.6. The second-order valence-corrected chi connectivity index (χ2v) is 7.87. The maximum Gasteiger partial charge on any atom is 0.234 e. The summed E-state index contributed by atoms with van der Waals surface area (Å²) < 4.78 is 7.34. The first kappa shape index (κ1) is 21.9. The largest absolute Gasteiger partial charge is 0.497 e. The van der Waals surface area contributed by atoms with E-state index in [1.54, 1.807) is 7.11 Å². The Labute approximate surface area is 182 Å². The van der Waals surface area contributed by atoms with Gasteiger partial charge in [-0.3, -0.25) is 4.79 Å². The SMILES string of the molecule is CCCCn1c(SCC(=O)Nc2cccc(CC)c2)nnc1-c1ccc(OC)cc1. The van der Waals surface area contributed by atoms with Crippen molar-refractivity contribution in [2.75, 3.05) is 18.2 Å². The van der Waals surface area contributed by atoms with Crippen LogP contribution in [0.3, 0.4) is 0 Å². The van der Waals surface area contributed by atoms with Crippen molar-refractivity contribution in [1.82, 2.24) is 14.8 Å². The Balaban J connectivity index is 1.71. The summed E-state index contributed by atoms with van der Waals surface area (Å²) in [4.78, 5) is 12.5. The van der Waals surface area contributed by atoms with Gasteiger partial charge in [0.05, 0.1) is 12.9 Å². The van der Waals surface area contributed by atoms with Crippen LogP contribution in [0.1, 0.15) is 32.3 Å². The van der Waals surface area contributed by atoms with E-state index in [1.807, 2.05) is 42.5 Å². The Morgan fingerprint density at radius 2 is 1.93 bits per heavy atom. The lowest BCUT2D eigenvalue weighted by molar-refractivity contribution is -0.113. The van der Waals surface area contributed by atoms with E-state index in [1.165, 1.54) is 17.3 Å². The normalized spacial score (nSPS) is 10.8. The molecule has 1 heterocycles. The van der Waals surface area contributed by atoms with E-state index in [9.17, 15) is 4.79 Å². The summed E-state index contributed by atoms with van der Waals surface area (Å²) >= 11 is 1.41. The maximum atomic E-state index is 12.5. The number of rotatable bonds is 10. The molecule has 1 aromatic heterocycles. The first-order valence-electron chi connectivity index (χ1n) is 10.2. The fourth-order valence-electron chi connectivity index (χ4n) is 3.06. The minimum Gasteiger partial charge on any atom is -0.497 e. The molecule has 1 N–H and O–H groups in total. The van der Waals surface area contributed by atoms with Crippen LogP contribution < -0.4 is 10.1 Å². The predicted molar refractivity (Wildman–Crippen MR) is 122 cm³/mol. The number of thioether (sulfide) groups is 1. The summed E-state index contributed by atoms with van der Waals surface area (Å²) in [5, 5.41) is 12.5. The van der Waals surface area contributed by atoms with Crippen LogP contribution in [0.4, 0.5) is 5.69 Å². The molecule has 1 amide bonds. The second-order valence-electron chi connectivity index (χ2n) is 6.93. The van der Waals surface area contributed by atoms with Gasteiger partial charge in [-0.15, -0.1) is 10.2 Å². The molecule has 7 heteroatoms. The molecule has 3 rings (SSSR count). The van der Waals surface area contributed by atoms with Crippen molar-refractivity contribution in [3.63, 3.8) is 0 Å². The highest BCUT2D eigenvalue weighted by atomic mass is 32.2. The van der Waals surface area contributed by atoms with Gasteiger partial charge in [0.25, 0.3) is 0 Å². The average Bonchev–Trinajstić information content (AvgIpc) is 3.19. The number of aryl methyl sites for hydroxylation is 1. The van der Waals surface area contributed by atoms with Gasteiger partial charge in [-0.25, -0.2) is 0 Å². The monoisotopic (exact) mass is 424 g/mol. The Morgan fingerprint density at radius 3 is 2.63 bits per heavy atom. The number of anilines is 1. The van der Waals surface area contributed by atoms with Crippen LogP contribution in [0.25, 0.3) is 11.4 Å². The van der Waals surface area contributed by atoms with E-state index in [0.717, 1.165) is 53.8 Å². The highest BCUT2D eigenvalue weighted by Crippen LogP contribution is 2.26. The summed E-state index contributed by atoms with van der Waals surface area (Å²) in [5.74, 6) is 1.84. The third-order valence-corrected chi connectivity index (χ3v) is 5.72. The molecule has 0 fully saturated rings. The Bertz CT molecular complexity index is 970. The fourth-order valence-corrected chi connectivity index (χ4v) is 3.83. The molecular weight excluding hydrogens is 396 g/mol. The van der Waals surface area contributed by atoms with Crippen molar-refractivity contribution in [1.29, 1.82) is 0 Å². The van der Waals surface area contributed by atoms with E-state index in [-0.39, 0.29) is 11.7 Å². The minimum absolute atomic E-state index is 0.0516. The van der Waals surface area contributed by atoms with Crippen LogP contribution in [-0.2, 0) is 17.8 Å². The molecule has 2 aromatic carbocycles. The maximum absolute atomic E-state index is 12.5. The summed E-state index contributed by atoms with van der Waals surface area (Å²) in [5.41, 5.74) is 3.00. The van der Waals surface area contributed by atoms with E-state index in [0.29, 0.717) is 0 Å². The molecule has 30 heavy (non-hydrogen) atoms. The molecule has 0 aliphatic heterocycles. The summed E-state index contributed by atoms with van der Waals surface area (Å²) in [6.45, 7) is 5.07. The number of unbranched alkanes of at least 4 members (excludes halogenated alkanes) is 1. The molecule has 0 saturated heterocycles. The molecule has 3 aromatic rings. The highest BCUT2D eigenvalue weighted by molar-refractivity contribution is 7.99. The number of carbonyl (C=O) groups excluding carboxylic acids is 1. The van der Waals surface area contributed by atoms with Crippen LogP contribution in [-0.4, -0.2) is 33.5 Å². The molecule has 0 radical (unpaired) electrons. The van der Waals surface area contributed by atoms with Gasteiger partial charge in [0.15, 0.2) is 11.0 Å². The topological polar surface area (TPSA) is 69.0 Å². The summed E-state index contributed by atoms with van der Waals surface area (Å²) in [6, 6.07) is 15.7. The lowest BCUT2D eigenvalue weighted by Gasteiger charge is -2.10. The number of methoxy groups -OCH3 is 1. The minimum atomic E-state index is -0.0516. The van der Waals surface area contributed by atoms with Gasteiger partial charge in [-0.2, -0.15) is 0 Å². The molecule has 6 nitrogen and oxygen atoms in total. The van der Waals surface area contributed by atoms with E-state index < -0.39 is 0 Å². The molecule has 158 valence electrons. The molecular formula is C23H28N4O2S. The van der Waals surface area contributed by atoms with Crippen molar-refractivity contribution in [3.8, 4) is 17.1 Å². The molecule has 0 atom stereocenters. The number of hydrogen-bond donors (Lipinski definition) is 1. The molecule has 0 unspecified atom stereocenters. The second kappa shape index (κ2) is 10.8. The van der Waals surface area contributed by atoms with Crippen molar-refractivity contribution in [2.24, 2.45) is 0 Å². The zero-order valence-electron chi connectivity index (χ0n) is 17.7. The standard InChI is InChI=1S/C23H28N4O2S/c1-4-6-14-27-22(18-10-12-20(29-3)13-11-18)25-26-23(27)30-16-21(28)24-19-9-7-8-17(5-2)15-19/h7-13,15H,4-6,14,16H2,1-3H3,(H,24,28). The van der Waals surface area contributed by atoms with Crippen LogP contribution in [0.5, 0.6) is 5.75 Å². The van der Waals surface area contributed by atoms with Crippen LogP contribution >= 0.6 is 11.8 Å². The highest BCUT2D eigenvalue weighted by Gasteiger charge is 2.16. The van der Waals surface area contributed by atoms with E-state index in [2.05, 4.69) is 40.0 Å². The van der Waals surface area contributed by atoms with Crippen molar-refractivity contribution in [2.45, 2.75) is 44.8 Å². The Hall–Kier alpha value is -2.80. The molecule has 0 saturated carbocycles. The average molecular weight is 425 g/mol. The number of aromatic nitrogens is 3. The van der Waals surface area contributed by atoms with Gasteiger partial charge >= 0.3 is 0 Å². The van der Waals surface area contributed by atoms with Crippen molar-refractivity contribution >= 4 is 23.4 Å². The van der Waals surface area contributed by atoms with Gasteiger partial charge in [-0.05, 0) is 54.8 Å². The quantitative estimate of drug-likeness (QED) is 0.461. The summed E-state index contributed by atoms with van der Waals surface area (Å²) in [6.07, 6.45) is 3.02. The van der Waals surface area contributed by atoms with Crippen LogP contribution in [0, 0.1) is 0 Å². The zero-order chi connectivity index (χ0) is 21.3. The zero-order valence-corrected chi connectivity index (χ0v) is 18.5. The fraction of sp³-hybridized carbons (Fsp3) is 0.348. The predicted octanol–water partition coefficient (Wildman–Crippen LogP) is 5.05. The molecule has 0 bridgehead atoms. The third-order valence-electron chi connectivity index (χ3n) is 4.75. The number of benzene rings is 2. The van der Waals surface area contributed by atoms with Crippen LogP contribution in [0.2, 0.25) is 0 Å². The number of ether oxygens (including phenoxy) is 1. The van der Waals surface area contributed by atoms with Gasteiger partial charge in [-0.1, -0.05) is 44.2 Å². The van der Waals surface area contributed by atoms with Crippen LogP contribution in [0.15, 0.2) is 53.7 Å². The molecule has 0 aliphatic rings. The first-order valence-corrected chi connectivity index (χ1v) is 11.2. The third kappa shape index (κ3) is 5.63. The molecule has 0 aliphatic carbocycles. The number of nitrogens with one attached hydrogen (secondary N) is 1. The van der Waals surface area contributed by atoms with E-state index >= 15 is 0 Å². The lowest BCUT2D eigenvalue weighted by atomic mass is 10.1. The van der Waals surface area contributed by atoms with Gasteiger partial charge in [0.1, 0.15) is 5.75 Å². The summed E-state index contributed by atoms with van der Waals surface area (Å²) in [7, 11) is 1.65.